The van der Waals surface area contributed by atoms with E-state index in [0.717, 1.165) is 56.8 Å². The maximum Gasteiger partial charge on any atom is 0.0909 e. The van der Waals surface area contributed by atoms with Crippen LogP contribution < -0.4 is 16.4 Å². The largest absolute Gasteiger partial charge is 0.326 e. The van der Waals surface area contributed by atoms with Crippen molar-refractivity contribution in [2.75, 3.05) is 80.5 Å². The molecular weight excluding hydrogens is 214 g/mol. The molecule has 0 aromatic carbocycles. The first-order valence-corrected chi connectivity index (χ1v) is 6.56. The van der Waals surface area contributed by atoms with Gasteiger partial charge in [0, 0.05) is 39.3 Å². The summed E-state index contributed by atoms with van der Waals surface area (Å²) in [7, 11) is 8.64. The molecule has 0 heterocycles. The minimum atomic E-state index is 0.763. The van der Waals surface area contributed by atoms with Crippen molar-refractivity contribution in [3.05, 3.63) is 0 Å². The van der Waals surface area contributed by atoms with Gasteiger partial charge < -0.3 is 25.8 Å². The second-order valence-electron chi connectivity index (χ2n) is 5.47. The number of hydrogen-bond acceptors (Lipinski definition) is 4. The van der Waals surface area contributed by atoms with Crippen molar-refractivity contribution in [3.63, 3.8) is 0 Å². The molecule has 0 saturated carbocycles. The van der Waals surface area contributed by atoms with Crippen LogP contribution in [-0.4, -0.2) is 89.9 Å². The van der Waals surface area contributed by atoms with Crippen LogP contribution in [0.2, 0.25) is 0 Å². The Kier molecular flexibility index (Phi) is 9.68. The van der Waals surface area contributed by atoms with Crippen LogP contribution in [0.3, 0.4) is 0 Å². The van der Waals surface area contributed by atoms with Crippen molar-refractivity contribution in [3.8, 4) is 0 Å². The standard InChI is InChI=1S/C12H32N5/c1-16(2)10-8-14-6-7-15-9-12-17(3,4)11-5-13/h14-15H,5-13H2,1-4H3/q+1. The molecule has 5 heteroatoms. The quantitative estimate of drug-likeness (QED) is 0.315. The van der Waals surface area contributed by atoms with Crippen LogP contribution >= 0.6 is 0 Å². The summed E-state index contributed by atoms with van der Waals surface area (Å²) in [6, 6.07) is 0. The number of rotatable bonds is 11. The highest BCUT2D eigenvalue weighted by atomic mass is 15.3. The second-order valence-corrected chi connectivity index (χ2v) is 5.47. The zero-order valence-corrected chi connectivity index (χ0v) is 12.1. The molecule has 0 atom stereocenters. The van der Waals surface area contributed by atoms with Crippen LogP contribution in [0.15, 0.2) is 0 Å². The average Bonchev–Trinajstić information content (AvgIpc) is 2.21. The summed E-state index contributed by atoms with van der Waals surface area (Å²) in [5, 5.41) is 6.87. The van der Waals surface area contributed by atoms with Crippen LogP contribution in [0.1, 0.15) is 0 Å². The summed E-state index contributed by atoms with van der Waals surface area (Å²) >= 11 is 0. The molecule has 5 nitrogen and oxygen atoms in total. The summed E-state index contributed by atoms with van der Waals surface area (Å²) in [6.07, 6.45) is 0. The van der Waals surface area contributed by atoms with Gasteiger partial charge in [-0.25, -0.2) is 0 Å². The Bertz CT molecular complexity index is 170. The molecule has 0 rings (SSSR count). The first-order chi connectivity index (χ1) is 7.98. The summed E-state index contributed by atoms with van der Waals surface area (Å²) < 4.78 is 0.998. The van der Waals surface area contributed by atoms with E-state index in [0.29, 0.717) is 0 Å². The fourth-order valence-electron chi connectivity index (χ4n) is 1.57. The average molecular weight is 246 g/mol. The van der Waals surface area contributed by atoms with E-state index in [9.17, 15) is 0 Å². The molecular formula is C12H32N5+. The van der Waals surface area contributed by atoms with Gasteiger partial charge in [0.25, 0.3) is 0 Å². The molecule has 0 aliphatic rings. The highest BCUT2D eigenvalue weighted by Gasteiger charge is 2.11. The summed E-state index contributed by atoms with van der Waals surface area (Å²) in [4.78, 5) is 2.19. The van der Waals surface area contributed by atoms with Gasteiger partial charge in [-0.15, -0.1) is 0 Å². The van der Waals surface area contributed by atoms with Crippen LogP contribution in [0.25, 0.3) is 0 Å². The second kappa shape index (κ2) is 9.79. The number of likely N-dealkylation sites (N-methyl/N-ethyl adjacent to an activating group) is 2. The van der Waals surface area contributed by atoms with Crippen molar-refractivity contribution in [1.82, 2.24) is 15.5 Å². The molecule has 4 N–H and O–H groups in total. The van der Waals surface area contributed by atoms with Crippen molar-refractivity contribution < 1.29 is 4.48 Å². The molecule has 0 radical (unpaired) electrons. The number of nitrogens with one attached hydrogen (secondary N) is 2. The van der Waals surface area contributed by atoms with Gasteiger partial charge >= 0.3 is 0 Å². The van der Waals surface area contributed by atoms with Crippen molar-refractivity contribution in [2.45, 2.75) is 0 Å². The molecule has 0 spiro atoms. The molecule has 17 heavy (non-hydrogen) atoms. The van der Waals surface area contributed by atoms with Crippen molar-refractivity contribution in [1.29, 1.82) is 0 Å². The molecule has 0 aromatic heterocycles. The number of hydrogen-bond donors (Lipinski definition) is 3. The normalized spacial score (nSPS) is 12.4. The Balaban J connectivity index is 3.23. The zero-order chi connectivity index (χ0) is 13.1. The maximum atomic E-state index is 5.57. The van der Waals surface area contributed by atoms with E-state index in [1.807, 2.05) is 0 Å². The minimum absolute atomic E-state index is 0.763. The lowest BCUT2D eigenvalue weighted by molar-refractivity contribution is -0.887. The molecule has 0 aliphatic carbocycles. The highest BCUT2D eigenvalue weighted by molar-refractivity contribution is 4.54. The molecule has 0 saturated heterocycles. The van der Waals surface area contributed by atoms with E-state index in [2.05, 4.69) is 43.7 Å². The van der Waals surface area contributed by atoms with Gasteiger partial charge in [-0.05, 0) is 14.1 Å². The van der Waals surface area contributed by atoms with Crippen LogP contribution in [0.4, 0.5) is 0 Å². The lowest BCUT2D eigenvalue weighted by Crippen LogP contribution is -2.47. The third-order valence-electron chi connectivity index (χ3n) is 2.84. The van der Waals surface area contributed by atoms with Crippen LogP contribution in [0.5, 0.6) is 0 Å². The summed E-state index contributed by atoms with van der Waals surface area (Å²) in [5.74, 6) is 0. The Labute approximate surface area is 107 Å². The Hall–Kier alpha value is -0.200. The van der Waals surface area contributed by atoms with Gasteiger partial charge in [-0.2, -0.15) is 0 Å². The van der Waals surface area contributed by atoms with E-state index in [-0.39, 0.29) is 0 Å². The Morgan fingerprint density at radius 1 is 0.941 bits per heavy atom. The number of quaternary nitrogens is 1. The maximum absolute atomic E-state index is 5.57. The molecule has 0 fully saturated rings. The Morgan fingerprint density at radius 2 is 1.53 bits per heavy atom. The molecule has 0 amide bonds. The zero-order valence-electron chi connectivity index (χ0n) is 12.1. The van der Waals surface area contributed by atoms with Gasteiger partial charge in [0.2, 0.25) is 0 Å². The predicted molar refractivity (Wildman–Crippen MR) is 75.2 cm³/mol. The highest BCUT2D eigenvalue weighted by Crippen LogP contribution is 1.92. The van der Waals surface area contributed by atoms with Gasteiger partial charge in [0.05, 0.1) is 27.2 Å². The smallest absolute Gasteiger partial charge is 0.0909 e. The summed E-state index contributed by atoms with van der Waals surface area (Å²) in [6.45, 7) is 8.23. The first-order valence-electron chi connectivity index (χ1n) is 6.56. The van der Waals surface area contributed by atoms with Crippen LogP contribution in [-0.2, 0) is 0 Å². The van der Waals surface area contributed by atoms with E-state index < -0.39 is 0 Å². The topological polar surface area (TPSA) is 53.3 Å². The monoisotopic (exact) mass is 246 g/mol. The van der Waals surface area contributed by atoms with E-state index >= 15 is 0 Å². The third-order valence-corrected chi connectivity index (χ3v) is 2.84. The molecule has 0 aliphatic heterocycles. The number of nitrogens with zero attached hydrogens (tertiary/aromatic N) is 2. The van der Waals surface area contributed by atoms with Crippen LogP contribution in [0, 0.1) is 0 Å². The SMILES string of the molecule is CN(C)CCNCCNCC[N+](C)(C)CCN. The summed E-state index contributed by atoms with van der Waals surface area (Å²) in [5.41, 5.74) is 5.57. The molecule has 0 unspecified atom stereocenters. The van der Waals surface area contributed by atoms with Gasteiger partial charge in [0.15, 0.2) is 0 Å². The third kappa shape index (κ3) is 12.1. The molecule has 0 aromatic rings. The van der Waals surface area contributed by atoms with E-state index in [4.69, 9.17) is 5.73 Å². The lowest BCUT2D eigenvalue weighted by atomic mass is 10.4. The van der Waals surface area contributed by atoms with E-state index in [1.54, 1.807) is 0 Å². The molecule has 0 bridgehead atoms. The minimum Gasteiger partial charge on any atom is -0.326 e. The van der Waals surface area contributed by atoms with Crippen molar-refractivity contribution in [2.24, 2.45) is 5.73 Å². The van der Waals surface area contributed by atoms with Gasteiger partial charge in [0.1, 0.15) is 0 Å². The van der Waals surface area contributed by atoms with Gasteiger partial charge in [-0.3, -0.25) is 0 Å². The number of nitrogens with two attached hydrogens (primary N) is 1. The molecule has 104 valence electrons. The predicted octanol–water partition coefficient (Wildman–Crippen LogP) is -1.24. The Morgan fingerprint density at radius 3 is 2.06 bits per heavy atom. The van der Waals surface area contributed by atoms with E-state index in [1.165, 1.54) is 0 Å². The fourth-order valence-corrected chi connectivity index (χ4v) is 1.57. The lowest BCUT2D eigenvalue weighted by Gasteiger charge is -2.29. The fraction of sp³-hybridized carbons (Fsp3) is 1.00. The van der Waals surface area contributed by atoms with Gasteiger partial charge in [-0.1, -0.05) is 0 Å². The van der Waals surface area contributed by atoms with Crippen molar-refractivity contribution >= 4 is 0 Å². The first kappa shape index (κ1) is 16.8.